The second-order valence-electron chi connectivity index (χ2n) is 0.483. The molecule has 0 rings (SSSR count). The van der Waals surface area contributed by atoms with Crippen LogP contribution in [0.4, 0.5) is 0 Å². The van der Waals surface area contributed by atoms with Crippen LogP contribution in [0.2, 0.25) is 0 Å². The molecule has 0 spiro atoms. The van der Waals surface area contributed by atoms with Gasteiger partial charge in [0.25, 0.3) is 0 Å². The molecule has 0 aromatic carbocycles. The van der Waals surface area contributed by atoms with Gasteiger partial charge in [-0.15, -0.1) is 4.33 Å². The molecule has 0 unspecified atom stereocenters. The van der Waals surface area contributed by atoms with Crippen molar-refractivity contribution in [3.8, 4) is 0 Å². The number of hydrogen-bond donors (Lipinski definition) is 2. The van der Waals surface area contributed by atoms with Gasteiger partial charge in [-0.3, -0.25) is 0 Å². The average molecular weight is 169 g/mol. The quantitative estimate of drug-likeness (QED) is 0.136. The molecule has 0 bridgehead atoms. The Morgan fingerprint density at radius 3 is 1.62 bits per heavy atom. The van der Waals surface area contributed by atoms with Crippen LogP contribution in [0.15, 0.2) is 0 Å². The van der Waals surface area contributed by atoms with Crippen molar-refractivity contribution in [2.45, 2.75) is 0 Å². The van der Waals surface area contributed by atoms with Crippen molar-refractivity contribution in [1.82, 2.24) is 6.15 Å². The number of hydrogen-bond acceptors (Lipinski definition) is 6. The molecule has 46 valence electrons. The first kappa shape index (κ1) is 16.2. The van der Waals surface area contributed by atoms with Crippen molar-refractivity contribution >= 4 is 10.4 Å². The van der Waals surface area contributed by atoms with E-state index in [1.165, 1.54) is 0 Å². The fraction of sp³-hybridized carbons (Fsp3) is 0. The molecule has 0 aromatic rings. The summed E-state index contributed by atoms with van der Waals surface area (Å²) in [6.45, 7) is 0. The fourth-order valence-electron chi connectivity index (χ4n) is 0. The maximum Gasteiger partial charge on any atom is 1.00 e. The molecule has 0 radical (unpaired) electrons. The molecule has 0 aromatic heterocycles. The number of rotatable bonds is 1. The van der Waals surface area contributed by atoms with Crippen molar-refractivity contribution in [2.75, 3.05) is 0 Å². The predicted molar refractivity (Wildman–Crippen MR) is 18.4 cm³/mol. The van der Waals surface area contributed by atoms with E-state index in [0.29, 0.717) is 0 Å². The molecule has 0 aliphatic heterocycles. The standard InChI is InChI=1S/K.H3N.H2O5S/c;;1-5-6(2,3)4/h;1H3;1H,(H,2,3,4)/q+1;;/p-1. The average Bonchev–Trinajstić information content (AvgIpc) is 1.35. The molecule has 0 saturated heterocycles. The van der Waals surface area contributed by atoms with Gasteiger partial charge in [0.15, 0.2) is 0 Å². The summed E-state index contributed by atoms with van der Waals surface area (Å²) in [5.41, 5.74) is 0. The second kappa shape index (κ2) is 6.55. The van der Waals surface area contributed by atoms with Crippen LogP contribution in [0.5, 0.6) is 0 Å². The first-order valence-corrected chi connectivity index (χ1v) is 2.18. The maximum atomic E-state index is 8.97. The van der Waals surface area contributed by atoms with Crippen LogP contribution in [0.25, 0.3) is 0 Å². The van der Waals surface area contributed by atoms with E-state index in [1.807, 2.05) is 0 Å². The Balaban J connectivity index is -0.000000125. The summed E-state index contributed by atoms with van der Waals surface area (Å²) in [5.74, 6) is 0. The summed E-state index contributed by atoms with van der Waals surface area (Å²) in [5, 5.41) is 7.00. The zero-order valence-electron chi connectivity index (χ0n) is 4.20. The zero-order chi connectivity index (χ0) is 5.21. The third kappa shape index (κ3) is 15.7. The van der Waals surface area contributed by atoms with E-state index in [9.17, 15) is 0 Å². The van der Waals surface area contributed by atoms with Crippen LogP contribution in [0, 0.1) is 0 Å². The Labute approximate surface area is 89.1 Å². The van der Waals surface area contributed by atoms with Gasteiger partial charge < -0.3 is 10.7 Å². The molecule has 8 heavy (non-hydrogen) atoms. The molecule has 8 heteroatoms. The molecule has 0 saturated carbocycles. The Hall–Kier alpha value is 1.43. The largest absolute Gasteiger partial charge is 1.00 e. The van der Waals surface area contributed by atoms with Gasteiger partial charge in [0.05, 0.1) is 0 Å². The molecular formula is H4KNO5S. The van der Waals surface area contributed by atoms with Gasteiger partial charge >= 0.3 is 51.4 Å². The van der Waals surface area contributed by atoms with E-state index in [0.717, 1.165) is 0 Å². The van der Waals surface area contributed by atoms with E-state index >= 15 is 0 Å². The van der Waals surface area contributed by atoms with Gasteiger partial charge in [-0.05, 0) is 0 Å². The van der Waals surface area contributed by atoms with Gasteiger partial charge in [0.2, 0.25) is 10.4 Å². The molecule has 4 N–H and O–H groups in total. The van der Waals surface area contributed by atoms with E-state index in [-0.39, 0.29) is 57.5 Å². The molecule has 0 fully saturated rings. The summed E-state index contributed by atoms with van der Waals surface area (Å²) in [4.78, 5) is 0. The Kier molecular flexibility index (Phi) is 13.3. The van der Waals surface area contributed by atoms with E-state index in [1.54, 1.807) is 0 Å². The fourth-order valence-corrected chi connectivity index (χ4v) is 0. The first-order chi connectivity index (χ1) is 2.56. The van der Waals surface area contributed by atoms with Crippen LogP contribution in [0.3, 0.4) is 0 Å². The summed E-state index contributed by atoms with van der Waals surface area (Å²) in [6, 6.07) is 0. The smallest absolute Gasteiger partial charge is 0.724 e. The third-order valence-corrected chi connectivity index (χ3v) is 0.274. The molecule has 0 aliphatic carbocycles. The van der Waals surface area contributed by atoms with Crippen LogP contribution in [-0.4, -0.2) is 18.2 Å². The third-order valence-electron chi connectivity index (χ3n) is 0.0913. The monoisotopic (exact) mass is 169 g/mol. The van der Waals surface area contributed by atoms with Crippen molar-refractivity contribution in [3.63, 3.8) is 0 Å². The maximum absolute atomic E-state index is 8.97. The van der Waals surface area contributed by atoms with Crippen molar-refractivity contribution in [1.29, 1.82) is 0 Å². The van der Waals surface area contributed by atoms with Gasteiger partial charge in [-0.25, -0.2) is 13.7 Å². The van der Waals surface area contributed by atoms with E-state index < -0.39 is 10.4 Å². The normalized spacial score (nSPS) is 8.75. The van der Waals surface area contributed by atoms with Gasteiger partial charge in [-0.1, -0.05) is 0 Å². The van der Waals surface area contributed by atoms with Gasteiger partial charge in [0.1, 0.15) is 0 Å². The molecule has 0 aliphatic rings. The summed E-state index contributed by atoms with van der Waals surface area (Å²) >= 11 is 0. The van der Waals surface area contributed by atoms with Crippen molar-refractivity contribution in [2.24, 2.45) is 0 Å². The zero-order valence-corrected chi connectivity index (χ0v) is 8.14. The summed E-state index contributed by atoms with van der Waals surface area (Å²) in [7, 11) is -4.86. The van der Waals surface area contributed by atoms with Crippen LogP contribution >= 0.6 is 0 Å². The van der Waals surface area contributed by atoms with Crippen molar-refractivity contribution < 1.29 is 73.9 Å². The Morgan fingerprint density at radius 2 is 1.62 bits per heavy atom. The molecule has 0 amide bonds. The minimum atomic E-state index is -4.86. The predicted octanol–water partition coefficient (Wildman–Crippen LogP) is -3.90. The van der Waals surface area contributed by atoms with Crippen LogP contribution < -0.4 is 57.5 Å². The molecule has 0 heterocycles. The summed E-state index contributed by atoms with van der Waals surface area (Å²) in [6.07, 6.45) is 0. The van der Waals surface area contributed by atoms with E-state index in [4.69, 9.17) is 18.2 Å². The van der Waals surface area contributed by atoms with E-state index in [2.05, 4.69) is 4.33 Å². The molecule has 0 atom stereocenters. The minimum absolute atomic E-state index is 0. The van der Waals surface area contributed by atoms with Gasteiger partial charge in [-0.2, -0.15) is 0 Å². The second-order valence-corrected chi connectivity index (χ2v) is 1.45. The first-order valence-electron chi connectivity index (χ1n) is 0.849. The van der Waals surface area contributed by atoms with Crippen molar-refractivity contribution in [3.05, 3.63) is 0 Å². The minimum Gasteiger partial charge on any atom is -0.724 e. The van der Waals surface area contributed by atoms with Crippen LogP contribution in [0.1, 0.15) is 0 Å². The van der Waals surface area contributed by atoms with Crippen LogP contribution in [-0.2, 0) is 14.7 Å². The Morgan fingerprint density at radius 1 is 1.50 bits per heavy atom. The molecular weight excluding hydrogens is 165 g/mol. The summed E-state index contributed by atoms with van der Waals surface area (Å²) < 4.78 is 29.3. The topological polar surface area (TPSA) is 122 Å². The van der Waals surface area contributed by atoms with Gasteiger partial charge in [0, 0.05) is 0 Å². The SMILES string of the molecule is N.O=S(=O)([O-])OO.[K+]. The molecule has 6 nitrogen and oxygen atoms in total. The Bertz CT molecular complexity index is 114.